The van der Waals surface area contributed by atoms with Crippen molar-refractivity contribution < 1.29 is 17.2 Å². The zero-order valence-corrected chi connectivity index (χ0v) is 11.9. The first-order chi connectivity index (χ1) is 9.82. The summed E-state index contributed by atoms with van der Waals surface area (Å²) in [6, 6.07) is 4.89. The Hall–Kier alpha value is -2.06. The molecule has 0 radical (unpaired) electrons. The van der Waals surface area contributed by atoms with E-state index in [2.05, 4.69) is 4.98 Å². The average molecular weight is 313 g/mol. The molecule has 0 aliphatic carbocycles. The predicted molar refractivity (Wildman–Crippen MR) is 73.7 cm³/mol. The maximum atomic E-state index is 13.7. The lowest BCUT2D eigenvalue weighted by atomic mass is 10.3. The van der Waals surface area contributed by atoms with Crippen LogP contribution >= 0.6 is 0 Å². The van der Waals surface area contributed by atoms with Gasteiger partial charge in [0.05, 0.1) is 0 Å². The highest BCUT2D eigenvalue weighted by molar-refractivity contribution is 7.89. The van der Waals surface area contributed by atoms with Crippen LogP contribution in [0.3, 0.4) is 0 Å². The van der Waals surface area contributed by atoms with Gasteiger partial charge in [-0.15, -0.1) is 0 Å². The van der Waals surface area contributed by atoms with Crippen molar-refractivity contribution >= 4 is 15.7 Å². The summed E-state index contributed by atoms with van der Waals surface area (Å²) in [6.45, 7) is 0.000706. The summed E-state index contributed by atoms with van der Waals surface area (Å²) < 4.78 is 52.6. The van der Waals surface area contributed by atoms with Crippen molar-refractivity contribution in [1.82, 2.24) is 9.29 Å². The Bertz CT molecular complexity index is 752. The maximum absolute atomic E-state index is 13.7. The maximum Gasteiger partial charge on any atom is 0.246 e. The molecule has 8 heteroatoms. The molecule has 0 atom stereocenters. The molecule has 1 heterocycles. The Morgan fingerprint density at radius 3 is 2.48 bits per heavy atom. The van der Waals surface area contributed by atoms with Gasteiger partial charge in [-0.3, -0.25) is 4.98 Å². The second-order valence-corrected chi connectivity index (χ2v) is 6.44. The Kier molecular flexibility index (Phi) is 4.19. The van der Waals surface area contributed by atoms with E-state index in [1.165, 1.54) is 19.4 Å². The van der Waals surface area contributed by atoms with Gasteiger partial charge in [0, 0.05) is 31.7 Å². The number of nitrogen functional groups attached to an aromatic ring is 1. The molecule has 112 valence electrons. The highest BCUT2D eigenvalue weighted by Crippen LogP contribution is 2.24. The molecule has 0 bridgehead atoms. The third-order valence-corrected chi connectivity index (χ3v) is 4.66. The molecule has 0 aliphatic rings. The molecular formula is C13H13F2N3O2S. The summed E-state index contributed by atoms with van der Waals surface area (Å²) in [5, 5.41) is 0. The van der Waals surface area contributed by atoms with Gasteiger partial charge in [-0.25, -0.2) is 17.2 Å². The molecule has 2 rings (SSSR count). The van der Waals surface area contributed by atoms with Crippen molar-refractivity contribution in [3.8, 4) is 0 Å². The minimum Gasteiger partial charge on any atom is -0.399 e. The zero-order valence-electron chi connectivity index (χ0n) is 11.1. The molecule has 0 amide bonds. The van der Waals surface area contributed by atoms with Crippen molar-refractivity contribution in [3.63, 3.8) is 0 Å². The van der Waals surface area contributed by atoms with Crippen LogP contribution in [0.15, 0.2) is 41.6 Å². The number of pyridine rings is 1. The summed E-state index contributed by atoms with van der Waals surface area (Å²) in [7, 11) is -2.92. The number of hydrogen-bond donors (Lipinski definition) is 1. The summed E-state index contributed by atoms with van der Waals surface area (Å²) in [5.74, 6) is -2.74. The van der Waals surface area contributed by atoms with Gasteiger partial charge in [0.2, 0.25) is 10.0 Å². The first-order valence-electron chi connectivity index (χ1n) is 5.92. The van der Waals surface area contributed by atoms with Crippen LogP contribution in [0.1, 0.15) is 5.56 Å². The molecule has 0 saturated carbocycles. The van der Waals surface area contributed by atoms with Gasteiger partial charge in [0.1, 0.15) is 4.90 Å². The Balaban J connectivity index is 2.38. The van der Waals surface area contributed by atoms with E-state index in [0.717, 1.165) is 16.4 Å². The van der Waals surface area contributed by atoms with Crippen LogP contribution in [-0.4, -0.2) is 24.8 Å². The van der Waals surface area contributed by atoms with E-state index in [0.29, 0.717) is 5.56 Å². The van der Waals surface area contributed by atoms with E-state index in [1.54, 1.807) is 12.1 Å². The zero-order chi connectivity index (χ0) is 15.6. The molecule has 0 spiro atoms. The smallest absolute Gasteiger partial charge is 0.246 e. The Labute approximate surface area is 121 Å². The Morgan fingerprint density at radius 1 is 1.24 bits per heavy atom. The molecule has 0 fully saturated rings. The summed E-state index contributed by atoms with van der Waals surface area (Å²) >= 11 is 0. The predicted octanol–water partition coefficient (Wildman–Crippen LogP) is 1.76. The van der Waals surface area contributed by atoms with Gasteiger partial charge in [-0.1, -0.05) is 0 Å². The van der Waals surface area contributed by atoms with Crippen LogP contribution in [0.25, 0.3) is 0 Å². The van der Waals surface area contributed by atoms with Crippen LogP contribution < -0.4 is 5.73 Å². The molecule has 21 heavy (non-hydrogen) atoms. The fraction of sp³-hybridized carbons (Fsp3) is 0.154. The Morgan fingerprint density at radius 2 is 1.86 bits per heavy atom. The summed E-state index contributed by atoms with van der Waals surface area (Å²) in [6.07, 6.45) is 3.02. The summed E-state index contributed by atoms with van der Waals surface area (Å²) in [4.78, 5) is 3.04. The van der Waals surface area contributed by atoms with Crippen LogP contribution in [0, 0.1) is 11.6 Å². The number of nitrogens with zero attached hydrogens (tertiary/aromatic N) is 2. The summed E-state index contributed by atoms with van der Waals surface area (Å²) in [5.41, 5.74) is 5.89. The normalized spacial score (nSPS) is 11.8. The number of rotatable bonds is 4. The van der Waals surface area contributed by atoms with Gasteiger partial charge >= 0.3 is 0 Å². The van der Waals surface area contributed by atoms with E-state index in [1.807, 2.05) is 0 Å². The quantitative estimate of drug-likeness (QED) is 0.873. The fourth-order valence-corrected chi connectivity index (χ4v) is 3.03. The minimum atomic E-state index is -4.19. The molecule has 1 aromatic carbocycles. The number of aromatic nitrogens is 1. The van der Waals surface area contributed by atoms with Gasteiger partial charge in [0.25, 0.3) is 0 Å². The molecular weight excluding hydrogens is 300 g/mol. The highest BCUT2D eigenvalue weighted by Gasteiger charge is 2.27. The first kappa shape index (κ1) is 15.3. The van der Waals surface area contributed by atoms with Gasteiger partial charge in [0.15, 0.2) is 11.6 Å². The van der Waals surface area contributed by atoms with Crippen molar-refractivity contribution in [2.45, 2.75) is 11.4 Å². The molecule has 2 aromatic rings. The lowest BCUT2D eigenvalue weighted by Gasteiger charge is -2.18. The highest BCUT2D eigenvalue weighted by atomic mass is 32.2. The average Bonchev–Trinajstić information content (AvgIpc) is 2.43. The monoisotopic (exact) mass is 313 g/mol. The second kappa shape index (κ2) is 5.74. The van der Waals surface area contributed by atoms with Crippen molar-refractivity contribution in [2.24, 2.45) is 0 Å². The lowest BCUT2D eigenvalue weighted by molar-refractivity contribution is 0.447. The number of benzene rings is 1. The molecule has 0 unspecified atom stereocenters. The third kappa shape index (κ3) is 3.17. The number of hydrogen-bond acceptors (Lipinski definition) is 4. The van der Waals surface area contributed by atoms with E-state index < -0.39 is 26.6 Å². The van der Waals surface area contributed by atoms with E-state index in [9.17, 15) is 17.2 Å². The van der Waals surface area contributed by atoms with Crippen molar-refractivity contribution in [1.29, 1.82) is 0 Å². The van der Waals surface area contributed by atoms with E-state index in [4.69, 9.17) is 5.73 Å². The van der Waals surface area contributed by atoms with Crippen molar-refractivity contribution in [3.05, 3.63) is 53.9 Å². The van der Waals surface area contributed by atoms with Crippen LogP contribution in [0.4, 0.5) is 14.5 Å². The van der Waals surface area contributed by atoms with E-state index in [-0.39, 0.29) is 12.2 Å². The lowest BCUT2D eigenvalue weighted by Crippen LogP contribution is -2.27. The molecule has 1 aromatic heterocycles. The van der Waals surface area contributed by atoms with Gasteiger partial charge < -0.3 is 5.73 Å². The molecule has 5 nitrogen and oxygen atoms in total. The van der Waals surface area contributed by atoms with Crippen LogP contribution in [0.2, 0.25) is 0 Å². The largest absolute Gasteiger partial charge is 0.399 e. The molecule has 0 saturated heterocycles. The van der Waals surface area contributed by atoms with Crippen molar-refractivity contribution in [2.75, 3.05) is 12.8 Å². The topological polar surface area (TPSA) is 76.3 Å². The molecule has 0 aliphatic heterocycles. The minimum absolute atomic E-state index is 0.000706. The third-order valence-electron chi connectivity index (χ3n) is 2.86. The van der Waals surface area contributed by atoms with Gasteiger partial charge in [-0.2, -0.15) is 4.31 Å². The molecule has 2 N–H and O–H groups in total. The number of nitrogens with two attached hydrogens (primary N) is 1. The van der Waals surface area contributed by atoms with Gasteiger partial charge in [-0.05, 0) is 29.8 Å². The standard InChI is InChI=1S/C13H13F2N3O2S/c1-18(8-9-2-4-17-5-3-9)21(19,20)12-7-10(16)6-11(14)13(12)15/h2-7H,8,16H2,1H3. The van der Waals surface area contributed by atoms with Crippen LogP contribution in [-0.2, 0) is 16.6 Å². The van der Waals surface area contributed by atoms with Crippen LogP contribution in [0.5, 0.6) is 0 Å². The van der Waals surface area contributed by atoms with E-state index >= 15 is 0 Å². The fourth-order valence-electron chi connectivity index (χ4n) is 1.77. The number of sulfonamides is 1. The SMILES string of the molecule is CN(Cc1ccncc1)S(=O)(=O)c1cc(N)cc(F)c1F. The number of anilines is 1. The number of halogens is 2. The first-order valence-corrected chi connectivity index (χ1v) is 7.36. The second-order valence-electron chi connectivity index (χ2n) is 4.43.